The first-order chi connectivity index (χ1) is 10.3. The molecule has 1 N–H and O–H groups in total. The minimum atomic E-state index is -3.76. The predicted octanol–water partition coefficient (Wildman–Crippen LogP) is 2.89. The lowest BCUT2D eigenvalue weighted by atomic mass is 10.3. The van der Waals surface area contributed by atoms with E-state index in [-0.39, 0.29) is 9.92 Å². The molecule has 0 spiro atoms. The van der Waals surface area contributed by atoms with E-state index >= 15 is 0 Å². The molecule has 0 fully saturated rings. The summed E-state index contributed by atoms with van der Waals surface area (Å²) in [6, 6.07) is 10.5. The number of ether oxygens (including phenoxy) is 1. The molecule has 0 aliphatic heterocycles. The SMILES string of the molecule is COc1ccc(S(=O)(=O)Nc2ccc([S@](C)=O)cc2)cc1Cl. The lowest BCUT2D eigenvalue weighted by Gasteiger charge is -2.10. The molecule has 0 aliphatic rings. The lowest BCUT2D eigenvalue weighted by Crippen LogP contribution is -2.13. The molecule has 0 aliphatic carbocycles. The molecule has 0 amide bonds. The van der Waals surface area contributed by atoms with Crippen molar-refractivity contribution < 1.29 is 17.4 Å². The van der Waals surface area contributed by atoms with Gasteiger partial charge >= 0.3 is 0 Å². The van der Waals surface area contributed by atoms with Crippen molar-refractivity contribution in [2.45, 2.75) is 9.79 Å². The molecule has 0 radical (unpaired) electrons. The largest absolute Gasteiger partial charge is 0.495 e. The normalized spacial score (nSPS) is 12.7. The van der Waals surface area contributed by atoms with Gasteiger partial charge < -0.3 is 4.74 Å². The van der Waals surface area contributed by atoms with Crippen molar-refractivity contribution in [1.82, 2.24) is 0 Å². The van der Waals surface area contributed by atoms with Crippen LogP contribution < -0.4 is 9.46 Å². The second-order valence-corrected chi connectivity index (χ2v) is 7.85. The maximum Gasteiger partial charge on any atom is 0.261 e. The fraction of sp³-hybridized carbons (Fsp3) is 0.143. The van der Waals surface area contributed by atoms with Crippen LogP contribution in [0.5, 0.6) is 5.75 Å². The Morgan fingerprint density at radius 3 is 2.27 bits per heavy atom. The molecule has 2 aromatic carbocycles. The summed E-state index contributed by atoms with van der Waals surface area (Å²) in [5.74, 6) is 0.399. The summed E-state index contributed by atoms with van der Waals surface area (Å²) < 4.78 is 43.3. The van der Waals surface area contributed by atoms with E-state index in [2.05, 4.69) is 4.72 Å². The molecule has 0 aromatic heterocycles. The van der Waals surface area contributed by atoms with Crippen LogP contribution in [-0.4, -0.2) is 26.0 Å². The van der Waals surface area contributed by atoms with Crippen molar-refractivity contribution in [1.29, 1.82) is 0 Å². The summed E-state index contributed by atoms with van der Waals surface area (Å²) in [5.41, 5.74) is 0.376. The first-order valence-corrected chi connectivity index (χ1v) is 9.55. The fourth-order valence-electron chi connectivity index (χ4n) is 1.74. The van der Waals surface area contributed by atoms with Crippen LogP contribution in [0.25, 0.3) is 0 Å². The number of hydrogen-bond acceptors (Lipinski definition) is 4. The molecule has 0 saturated carbocycles. The molecule has 0 unspecified atom stereocenters. The van der Waals surface area contributed by atoms with Crippen LogP contribution >= 0.6 is 11.6 Å². The monoisotopic (exact) mass is 359 g/mol. The topological polar surface area (TPSA) is 72.5 Å². The Kier molecular flexibility index (Phi) is 5.10. The Labute approximate surface area is 136 Å². The van der Waals surface area contributed by atoms with Crippen LogP contribution in [0.2, 0.25) is 5.02 Å². The van der Waals surface area contributed by atoms with Gasteiger partial charge in [-0.05, 0) is 42.5 Å². The van der Waals surface area contributed by atoms with Crippen molar-refractivity contribution in [2.24, 2.45) is 0 Å². The average molecular weight is 360 g/mol. The maximum atomic E-state index is 12.3. The van der Waals surface area contributed by atoms with Crippen LogP contribution in [0.1, 0.15) is 0 Å². The molecular formula is C14H14ClNO4S2. The first kappa shape index (κ1) is 16.8. The van der Waals surface area contributed by atoms with E-state index in [0.717, 1.165) is 0 Å². The summed E-state index contributed by atoms with van der Waals surface area (Å²) in [6.45, 7) is 0. The Morgan fingerprint density at radius 2 is 1.77 bits per heavy atom. The molecule has 5 nitrogen and oxygen atoms in total. The average Bonchev–Trinajstić information content (AvgIpc) is 2.47. The molecule has 22 heavy (non-hydrogen) atoms. The smallest absolute Gasteiger partial charge is 0.261 e. The van der Waals surface area contributed by atoms with Gasteiger partial charge in [0.2, 0.25) is 0 Å². The van der Waals surface area contributed by atoms with E-state index in [1.807, 2.05) is 0 Å². The van der Waals surface area contributed by atoms with E-state index < -0.39 is 20.8 Å². The third kappa shape index (κ3) is 3.79. The van der Waals surface area contributed by atoms with Gasteiger partial charge in [-0.2, -0.15) is 0 Å². The highest BCUT2D eigenvalue weighted by Crippen LogP contribution is 2.28. The highest BCUT2D eigenvalue weighted by Gasteiger charge is 2.16. The van der Waals surface area contributed by atoms with Crippen molar-refractivity contribution in [3.63, 3.8) is 0 Å². The number of nitrogens with one attached hydrogen (secondary N) is 1. The third-order valence-electron chi connectivity index (χ3n) is 2.87. The van der Waals surface area contributed by atoms with E-state index in [1.165, 1.54) is 25.3 Å². The van der Waals surface area contributed by atoms with Gasteiger partial charge in [-0.25, -0.2) is 8.42 Å². The highest BCUT2D eigenvalue weighted by molar-refractivity contribution is 7.92. The molecule has 8 heteroatoms. The van der Waals surface area contributed by atoms with E-state index in [9.17, 15) is 12.6 Å². The number of halogens is 1. The molecule has 2 aromatic rings. The van der Waals surface area contributed by atoms with Crippen molar-refractivity contribution in [3.05, 3.63) is 47.5 Å². The van der Waals surface area contributed by atoms with Crippen LogP contribution in [0.4, 0.5) is 5.69 Å². The molecule has 2 rings (SSSR count). The quantitative estimate of drug-likeness (QED) is 0.890. The number of anilines is 1. The van der Waals surface area contributed by atoms with Gasteiger partial charge in [0, 0.05) is 27.6 Å². The minimum Gasteiger partial charge on any atom is -0.495 e. The molecular weight excluding hydrogens is 346 g/mol. The Hall–Kier alpha value is -1.57. The molecule has 0 saturated heterocycles. The van der Waals surface area contributed by atoms with Gasteiger partial charge in [-0.3, -0.25) is 8.93 Å². The number of sulfonamides is 1. The van der Waals surface area contributed by atoms with Crippen molar-refractivity contribution >= 4 is 38.1 Å². The van der Waals surface area contributed by atoms with E-state index in [4.69, 9.17) is 16.3 Å². The van der Waals surface area contributed by atoms with Gasteiger partial charge in [0.15, 0.2) is 0 Å². The fourth-order valence-corrected chi connectivity index (χ4v) is 3.67. The summed E-state index contributed by atoms with van der Waals surface area (Å²) in [5, 5.41) is 0.210. The van der Waals surface area contributed by atoms with Gasteiger partial charge in [0.05, 0.1) is 17.0 Å². The summed E-state index contributed by atoms with van der Waals surface area (Å²) in [6.07, 6.45) is 1.55. The summed E-state index contributed by atoms with van der Waals surface area (Å²) in [4.78, 5) is 0.650. The second kappa shape index (κ2) is 6.68. The first-order valence-electron chi connectivity index (χ1n) is 6.13. The summed E-state index contributed by atoms with van der Waals surface area (Å²) >= 11 is 5.94. The van der Waals surface area contributed by atoms with Gasteiger partial charge in [-0.15, -0.1) is 0 Å². The molecule has 0 heterocycles. The van der Waals surface area contributed by atoms with Gasteiger partial charge in [0.25, 0.3) is 10.0 Å². The lowest BCUT2D eigenvalue weighted by molar-refractivity contribution is 0.414. The zero-order valence-corrected chi connectivity index (χ0v) is 14.3. The molecule has 0 bridgehead atoms. The standard InChI is InChI=1S/C14H14ClNO4S2/c1-20-14-8-7-12(9-13(14)15)22(18,19)16-10-3-5-11(6-4-10)21(2)17/h3-9,16H,1-2H3/t21-/m0/s1. The Morgan fingerprint density at radius 1 is 1.14 bits per heavy atom. The predicted molar refractivity (Wildman–Crippen MR) is 87.6 cm³/mol. The van der Waals surface area contributed by atoms with Crippen molar-refractivity contribution in [3.8, 4) is 5.75 Å². The second-order valence-electron chi connectivity index (χ2n) is 4.38. The number of hydrogen-bond donors (Lipinski definition) is 1. The maximum absolute atomic E-state index is 12.3. The van der Waals surface area contributed by atoms with Crippen LogP contribution in [0, 0.1) is 0 Å². The minimum absolute atomic E-state index is 0.0291. The van der Waals surface area contributed by atoms with Gasteiger partial charge in [0.1, 0.15) is 5.75 Å². The number of benzene rings is 2. The van der Waals surface area contributed by atoms with E-state index in [0.29, 0.717) is 16.3 Å². The number of methoxy groups -OCH3 is 1. The third-order valence-corrected chi connectivity index (χ3v) is 5.48. The van der Waals surface area contributed by atoms with Gasteiger partial charge in [-0.1, -0.05) is 11.6 Å². The van der Waals surface area contributed by atoms with E-state index in [1.54, 1.807) is 30.5 Å². The molecule has 1 atom stereocenters. The van der Waals surface area contributed by atoms with Crippen LogP contribution in [-0.2, 0) is 20.8 Å². The Bertz CT molecular complexity index is 804. The van der Waals surface area contributed by atoms with Crippen LogP contribution in [0.15, 0.2) is 52.3 Å². The number of rotatable bonds is 5. The highest BCUT2D eigenvalue weighted by atomic mass is 35.5. The zero-order chi connectivity index (χ0) is 16.3. The summed E-state index contributed by atoms with van der Waals surface area (Å²) in [7, 11) is -3.42. The Balaban J connectivity index is 2.27. The molecule has 118 valence electrons. The van der Waals surface area contributed by atoms with Crippen LogP contribution in [0.3, 0.4) is 0 Å². The van der Waals surface area contributed by atoms with Crippen molar-refractivity contribution in [2.75, 3.05) is 18.1 Å². The zero-order valence-electron chi connectivity index (χ0n) is 11.9.